The second-order valence-corrected chi connectivity index (χ2v) is 8.86. The minimum atomic E-state index is -3.98. The zero-order valence-electron chi connectivity index (χ0n) is 17.5. The van der Waals surface area contributed by atoms with Crippen LogP contribution in [-0.4, -0.2) is 21.5 Å². The first-order valence-electron chi connectivity index (χ1n) is 9.85. The normalized spacial score (nSPS) is 11.2. The zero-order chi connectivity index (χ0) is 22.7. The Morgan fingerprint density at radius 3 is 2.22 bits per heavy atom. The van der Waals surface area contributed by atoms with Gasteiger partial charge in [-0.15, -0.1) is 0 Å². The van der Waals surface area contributed by atoms with Crippen LogP contribution in [0.2, 0.25) is 0 Å². The summed E-state index contributed by atoms with van der Waals surface area (Å²) in [4.78, 5) is 12.9. The minimum absolute atomic E-state index is 0.0519. The van der Waals surface area contributed by atoms with Gasteiger partial charge in [0.2, 0.25) is 0 Å². The van der Waals surface area contributed by atoms with E-state index in [0.717, 1.165) is 10.9 Å². The predicted molar refractivity (Wildman–Crippen MR) is 124 cm³/mol. The highest BCUT2D eigenvalue weighted by atomic mass is 32.2. The van der Waals surface area contributed by atoms with Gasteiger partial charge in [0.05, 0.1) is 17.6 Å². The SMILES string of the molecule is COc1cc2ccccc2c(OC(=O)c2ccccc2)c1NS(=O)(=O)c1ccc(C)cc1. The Kier molecular flexibility index (Phi) is 5.83. The Bertz CT molecular complexity index is 1380. The maximum absolute atomic E-state index is 13.1. The minimum Gasteiger partial charge on any atom is -0.494 e. The topological polar surface area (TPSA) is 81.7 Å². The van der Waals surface area contributed by atoms with Crippen molar-refractivity contribution in [1.82, 2.24) is 0 Å². The maximum atomic E-state index is 13.1. The molecule has 0 saturated heterocycles. The Morgan fingerprint density at radius 1 is 0.875 bits per heavy atom. The van der Waals surface area contributed by atoms with Crippen molar-refractivity contribution < 1.29 is 22.7 Å². The number of ether oxygens (including phenoxy) is 2. The first-order chi connectivity index (χ1) is 15.4. The van der Waals surface area contributed by atoms with Crippen LogP contribution >= 0.6 is 0 Å². The predicted octanol–water partition coefficient (Wildman–Crippen LogP) is 5.18. The Morgan fingerprint density at radius 2 is 1.53 bits per heavy atom. The number of nitrogens with one attached hydrogen (secondary N) is 1. The number of benzene rings is 4. The molecule has 4 aromatic rings. The van der Waals surface area contributed by atoms with E-state index in [2.05, 4.69) is 4.72 Å². The number of methoxy groups -OCH3 is 1. The third-order valence-electron chi connectivity index (χ3n) is 4.96. The van der Waals surface area contributed by atoms with Gasteiger partial charge in [0, 0.05) is 5.39 Å². The molecule has 0 amide bonds. The van der Waals surface area contributed by atoms with Crippen molar-refractivity contribution in [2.45, 2.75) is 11.8 Å². The van der Waals surface area contributed by atoms with Gasteiger partial charge >= 0.3 is 5.97 Å². The first kappa shape index (κ1) is 21.4. The Labute approximate surface area is 186 Å². The summed E-state index contributed by atoms with van der Waals surface area (Å²) < 4.78 is 40.0. The highest BCUT2D eigenvalue weighted by Gasteiger charge is 2.24. The summed E-state index contributed by atoms with van der Waals surface area (Å²) >= 11 is 0. The van der Waals surface area contributed by atoms with E-state index in [0.29, 0.717) is 10.9 Å². The second-order valence-electron chi connectivity index (χ2n) is 7.18. The van der Waals surface area contributed by atoms with Gasteiger partial charge in [0.1, 0.15) is 11.4 Å². The van der Waals surface area contributed by atoms with Crippen LogP contribution in [0, 0.1) is 6.92 Å². The maximum Gasteiger partial charge on any atom is 0.343 e. The molecule has 6 nitrogen and oxygen atoms in total. The molecule has 0 fully saturated rings. The molecule has 0 aliphatic carbocycles. The summed E-state index contributed by atoms with van der Waals surface area (Å²) in [6.07, 6.45) is 0. The Balaban J connectivity index is 1.86. The molecule has 0 unspecified atom stereocenters. The lowest BCUT2D eigenvalue weighted by Crippen LogP contribution is -2.16. The lowest BCUT2D eigenvalue weighted by molar-refractivity contribution is 0.0738. The van der Waals surface area contributed by atoms with Crippen molar-refractivity contribution in [3.05, 3.63) is 96.1 Å². The number of sulfonamides is 1. The van der Waals surface area contributed by atoms with E-state index in [-0.39, 0.29) is 22.1 Å². The third-order valence-corrected chi connectivity index (χ3v) is 6.32. The number of hydrogen-bond donors (Lipinski definition) is 1. The van der Waals surface area contributed by atoms with E-state index >= 15 is 0 Å². The van der Waals surface area contributed by atoms with Gasteiger partial charge in [-0.05, 0) is 42.6 Å². The number of carbonyl (C=O) groups excluding carboxylic acids is 1. The molecular weight excluding hydrogens is 426 g/mol. The number of carbonyl (C=O) groups is 1. The molecule has 0 aliphatic rings. The van der Waals surface area contributed by atoms with Crippen LogP contribution in [0.5, 0.6) is 11.5 Å². The van der Waals surface area contributed by atoms with Crippen LogP contribution in [0.1, 0.15) is 15.9 Å². The van der Waals surface area contributed by atoms with Crippen molar-refractivity contribution in [3.8, 4) is 11.5 Å². The highest BCUT2D eigenvalue weighted by Crippen LogP contribution is 2.43. The molecule has 162 valence electrons. The van der Waals surface area contributed by atoms with Crippen LogP contribution in [0.4, 0.5) is 5.69 Å². The number of hydrogen-bond acceptors (Lipinski definition) is 5. The van der Waals surface area contributed by atoms with Gasteiger partial charge in [0.25, 0.3) is 10.0 Å². The molecule has 0 spiro atoms. The van der Waals surface area contributed by atoms with E-state index in [4.69, 9.17) is 9.47 Å². The summed E-state index contributed by atoms with van der Waals surface area (Å²) in [6, 6.07) is 23.8. The van der Waals surface area contributed by atoms with Crippen molar-refractivity contribution in [3.63, 3.8) is 0 Å². The molecule has 0 atom stereocenters. The summed E-state index contributed by atoms with van der Waals surface area (Å²) in [6.45, 7) is 1.87. The van der Waals surface area contributed by atoms with E-state index in [1.165, 1.54) is 19.2 Å². The summed E-state index contributed by atoms with van der Waals surface area (Å²) in [5.74, 6) is -0.306. The van der Waals surface area contributed by atoms with Gasteiger partial charge in [-0.1, -0.05) is 60.2 Å². The standard InChI is InChI=1S/C25H21NO5S/c1-17-12-14-20(15-13-17)32(28,29)26-23-22(30-2)16-19-10-6-7-11-21(19)24(23)31-25(27)18-8-4-3-5-9-18/h3-16,26H,1-2H3. The largest absolute Gasteiger partial charge is 0.494 e. The second kappa shape index (κ2) is 8.72. The third kappa shape index (κ3) is 4.29. The molecule has 4 rings (SSSR count). The molecule has 0 heterocycles. The van der Waals surface area contributed by atoms with Crippen molar-refractivity contribution in [1.29, 1.82) is 0 Å². The van der Waals surface area contributed by atoms with Gasteiger partial charge in [-0.2, -0.15) is 0 Å². The quantitative estimate of drug-likeness (QED) is 0.325. The lowest BCUT2D eigenvalue weighted by atomic mass is 10.1. The Hall–Kier alpha value is -3.84. The van der Waals surface area contributed by atoms with Crippen LogP contribution in [0.25, 0.3) is 10.8 Å². The van der Waals surface area contributed by atoms with E-state index in [1.54, 1.807) is 60.7 Å². The molecule has 1 N–H and O–H groups in total. The summed E-state index contributed by atoms with van der Waals surface area (Å²) in [5, 5.41) is 1.30. The fourth-order valence-electron chi connectivity index (χ4n) is 3.29. The smallest absolute Gasteiger partial charge is 0.343 e. The number of aryl methyl sites for hydroxylation is 1. The van der Waals surface area contributed by atoms with Gasteiger partial charge < -0.3 is 9.47 Å². The van der Waals surface area contributed by atoms with Crippen molar-refractivity contribution in [2.24, 2.45) is 0 Å². The van der Waals surface area contributed by atoms with Crippen molar-refractivity contribution >= 4 is 32.5 Å². The lowest BCUT2D eigenvalue weighted by Gasteiger charge is -2.18. The first-order valence-corrected chi connectivity index (χ1v) is 11.3. The monoisotopic (exact) mass is 447 g/mol. The molecule has 32 heavy (non-hydrogen) atoms. The molecule has 7 heteroatoms. The summed E-state index contributed by atoms with van der Waals surface area (Å²) in [5.41, 5.74) is 1.33. The number of esters is 1. The molecule has 0 aliphatic heterocycles. The molecule has 0 radical (unpaired) electrons. The van der Waals surface area contributed by atoms with Crippen LogP contribution < -0.4 is 14.2 Å². The molecule has 4 aromatic carbocycles. The molecule has 0 aromatic heterocycles. The van der Waals surface area contributed by atoms with Crippen LogP contribution in [0.3, 0.4) is 0 Å². The summed E-state index contributed by atoms with van der Waals surface area (Å²) in [7, 11) is -2.55. The molecule has 0 bridgehead atoms. The highest BCUT2D eigenvalue weighted by molar-refractivity contribution is 7.92. The van der Waals surface area contributed by atoms with Gasteiger partial charge in [-0.25, -0.2) is 13.2 Å². The van der Waals surface area contributed by atoms with E-state index in [1.807, 2.05) is 19.1 Å². The average Bonchev–Trinajstić information content (AvgIpc) is 2.81. The number of anilines is 1. The fourth-order valence-corrected chi connectivity index (χ4v) is 4.36. The van der Waals surface area contributed by atoms with Gasteiger partial charge in [-0.3, -0.25) is 4.72 Å². The van der Waals surface area contributed by atoms with E-state index in [9.17, 15) is 13.2 Å². The number of fused-ring (bicyclic) bond motifs is 1. The zero-order valence-corrected chi connectivity index (χ0v) is 18.3. The van der Waals surface area contributed by atoms with Crippen LogP contribution in [0.15, 0.2) is 89.8 Å². The van der Waals surface area contributed by atoms with E-state index < -0.39 is 16.0 Å². The van der Waals surface area contributed by atoms with Crippen molar-refractivity contribution in [2.75, 3.05) is 11.8 Å². The fraction of sp³-hybridized carbons (Fsp3) is 0.0800. The van der Waals surface area contributed by atoms with Gasteiger partial charge in [0.15, 0.2) is 5.75 Å². The average molecular weight is 448 g/mol. The number of rotatable bonds is 6. The molecule has 0 saturated carbocycles. The van der Waals surface area contributed by atoms with Crippen LogP contribution in [-0.2, 0) is 10.0 Å². The molecular formula is C25H21NO5S.